The van der Waals surface area contributed by atoms with Gasteiger partial charge in [-0.15, -0.1) is 11.3 Å². The van der Waals surface area contributed by atoms with Gasteiger partial charge in [-0.25, -0.2) is 4.98 Å². The van der Waals surface area contributed by atoms with Gasteiger partial charge in [0.25, 0.3) is 0 Å². The predicted molar refractivity (Wildman–Crippen MR) is 79.7 cm³/mol. The van der Waals surface area contributed by atoms with Crippen LogP contribution in [-0.4, -0.2) is 46.5 Å². The number of carboxylic acid groups (broad SMARTS) is 1. The maximum absolute atomic E-state index is 11.5. The minimum atomic E-state index is -0.782. The number of carboxylic acids is 1. The number of piperidine rings is 1. The molecule has 1 aliphatic heterocycles. The molecule has 0 saturated carbocycles. The van der Waals surface area contributed by atoms with E-state index in [1.807, 2.05) is 7.05 Å². The summed E-state index contributed by atoms with van der Waals surface area (Å²) in [4.78, 5) is 30.1. The van der Waals surface area contributed by atoms with Crippen molar-refractivity contribution in [3.8, 4) is 0 Å². The largest absolute Gasteiger partial charge is 0.481 e. The maximum Gasteiger partial charge on any atom is 0.312 e. The Kier molecular flexibility index (Phi) is 3.84. The van der Waals surface area contributed by atoms with Crippen molar-refractivity contribution in [3.63, 3.8) is 0 Å². The smallest absolute Gasteiger partial charge is 0.312 e. The number of aliphatic carboxylic acids is 1. The topological polar surface area (TPSA) is 82.5 Å². The highest BCUT2D eigenvalue weighted by atomic mass is 32.1. The number of likely N-dealkylation sites (N-methyl/N-ethyl adjacent to an activating group) is 1. The third kappa shape index (κ3) is 2.88. The average molecular weight is 309 g/mol. The van der Waals surface area contributed by atoms with Crippen LogP contribution in [0.4, 0.5) is 5.13 Å². The van der Waals surface area contributed by atoms with Crippen LogP contribution in [0.5, 0.6) is 0 Å². The van der Waals surface area contributed by atoms with Crippen LogP contribution >= 0.6 is 11.3 Å². The Hall–Kier alpha value is -1.63. The highest BCUT2D eigenvalue weighted by molar-refractivity contribution is 7.15. The van der Waals surface area contributed by atoms with E-state index >= 15 is 0 Å². The van der Waals surface area contributed by atoms with Crippen molar-refractivity contribution in [2.45, 2.75) is 44.1 Å². The molecule has 1 fully saturated rings. The molecule has 1 amide bonds. The second kappa shape index (κ2) is 5.63. The van der Waals surface area contributed by atoms with Gasteiger partial charge in [0.2, 0.25) is 5.91 Å². The number of fused-ring (bicyclic) bond motifs is 1. The number of amides is 1. The molecule has 1 aromatic heterocycles. The molecule has 7 heteroatoms. The number of hydrogen-bond acceptors (Lipinski definition) is 5. The van der Waals surface area contributed by atoms with Crippen molar-refractivity contribution in [3.05, 3.63) is 10.6 Å². The Morgan fingerprint density at radius 2 is 2.24 bits per heavy atom. The highest BCUT2D eigenvalue weighted by Gasteiger charge is 2.31. The summed E-state index contributed by atoms with van der Waals surface area (Å²) in [6, 6.07) is 0.198. The fourth-order valence-corrected chi connectivity index (χ4v) is 4.17. The Bertz CT molecular complexity index is 572. The van der Waals surface area contributed by atoms with Crippen molar-refractivity contribution < 1.29 is 14.7 Å². The fraction of sp³-hybridized carbons (Fsp3) is 0.643. The van der Waals surface area contributed by atoms with Gasteiger partial charge in [-0.1, -0.05) is 0 Å². The minimum absolute atomic E-state index is 0.178. The van der Waals surface area contributed by atoms with E-state index < -0.39 is 11.9 Å². The number of carbonyl (C=O) groups is 2. The lowest BCUT2D eigenvalue weighted by molar-refractivity contribution is -0.139. The third-order valence-electron chi connectivity index (χ3n) is 4.21. The zero-order valence-electron chi connectivity index (χ0n) is 12.0. The summed E-state index contributed by atoms with van der Waals surface area (Å²) in [7, 11) is 1.81. The van der Waals surface area contributed by atoms with Gasteiger partial charge in [-0.05, 0) is 25.7 Å². The first-order valence-electron chi connectivity index (χ1n) is 7.27. The molecular formula is C14H19N3O3S. The summed E-state index contributed by atoms with van der Waals surface area (Å²) in [6.07, 6.45) is 3.85. The van der Waals surface area contributed by atoms with Crippen molar-refractivity contribution in [2.75, 3.05) is 18.9 Å². The van der Waals surface area contributed by atoms with E-state index in [2.05, 4.69) is 10.3 Å². The highest BCUT2D eigenvalue weighted by Crippen LogP contribution is 2.37. The molecule has 2 atom stereocenters. The summed E-state index contributed by atoms with van der Waals surface area (Å²) in [5, 5.41) is 13.4. The van der Waals surface area contributed by atoms with E-state index in [1.54, 1.807) is 16.2 Å². The van der Waals surface area contributed by atoms with Crippen LogP contribution < -0.4 is 5.32 Å². The van der Waals surface area contributed by atoms with E-state index in [0.29, 0.717) is 19.4 Å². The molecule has 114 valence electrons. The van der Waals surface area contributed by atoms with Gasteiger partial charge in [0.05, 0.1) is 5.69 Å². The van der Waals surface area contributed by atoms with Crippen LogP contribution in [0.3, 0.4) is 0 Å². The van der Waals surface area contributed by atoms with Gasteiger partial charge in [0.1, 0.15) is 5.92 Å². The number of carbonyl (C=O) groups excluding carboxylic acids is 1. The normalized spacial score (nSPS) is 25.6. The van der Waals surface area contributed by atoms with Gasteiger partial charge >= 0.3 is 5.97 Å². The zero-order chi connectivity index (χ0) is 15.0. The molecule has 0 spiro atoms. The lowest BCUT2D eigenvalue weighted by Crippen LogP contribution is -2.43. The van der Waals surface area contributed by atoms with Crippen LogP contribution in [0.15, 0.2) is 0 Å². The first kappa shape index (κ1) is 14.3. The quantitative estimate of drug-likeness (QED) is 0.887. The molecule has 0 aromatic carbocycles. The molecule has 1 aromatic rings. The summed E-state index contributed by atoms with van der Waals surface area (Å²) < 4.78 is 0. The molecular weight excluding hydrogens is 290 g/mol. The van der Waals surface area contributed by atoms with Gasteiger partial charge < -0.3 is 15.3 Å². The number of aromatic nitrogens is 1. The van der Waals surface area contributed by atoms with Crippen LogP contribution in [-0.2, 0) is 16.0 Å². The number of nitrogens with one attached hydrogen (secondary N) is 1. The molecule has 2 unspecified atom stereocenters. The number of anilines is 1. The van der Waals surface area contributed by atoms with Crippen LogP contribution in [0, 0.1) is 0 Å². The van der Waals surface area contributed by atoms with Crippen molar-refractivity contribution in [1.29, 1.82) is 0 Å². The first-order valence-corrected chi connectivity index (χ1v) is 8.09. The van der Waals surface area contributed by atoms with Crippen LogP contribution in [0.1, 0.15) is 42.2 Å². The number of aryl methyl sites for hydroxylation is 1. The summed E-state index contributed by atoms with van der Waals surface area (Å²) in [5.74, 6) is -1.07. The number of rotatable bonds is 3. The van der Waals surface area contributed by atoms with E-state index in [1.165, 1.54) is 0 Å². The Morgan fingerprint density at radius 3 is 2.95 bits per heavy atom. The van der Waals surface area contributed by atoms with E-state index in [4.69, 9.17) is 0 Å². The lowest BCUT2D eigenvalue weighted by Gasteiger charge is -2.29. The molecule has 21 heavy (non-hydrogen) atoms. The number of nitrogens with zero attached hydrogens (tertiary/aromatic N) is 2. The van der Waals surface area contributed by atoms with Crippen LogP contribution in [0.2, 0.25) is 0 Å². The molecule has 0 bridgehead atoms. The third-order valence-corrected chi connectivity index (χ3v) is 5.27. The van der Waals surface area contributed by atoms with Gasteiger partial charge in [-0.2, -0.15) is 0 Å². The molecule has 2 N–H and O–H groups in total. The summed E-state index contributed by atoms with van der Waals surface area (Å²) in [6.45, 7) is 0.672. The molecule has 0 radical (unpaired) electrons. The zero-order valence-corrected chi connectivity index (χ0v) is 12.8. The fourth-order valence-electron chi connectivity index (χ4n) is 3.03. The molecule has 6 nitrogen and oxygen atoms in total. The standard InChI is InChI=1S/C14H19N3O3S/c1-17-7-8(5-6-11(17)18)15-14-16-12-9(13(19)20)3-2-4-10(12)21-14/h8-9H,2-7H2,1H3,(H,15,16)(H,19,20). The monoisotopic (exact) mass is 309 g/mol. The van der Waals surface area contributed by atoms with Gasteiger partial charge in [0, 0.05) is 30.9 Å². The van der Waals surface area contributed by atoms with Crippen molar-refractivity contribution >= 4 is 28.3 Å². The Labute approximate surface area is 127 Å². The van der Waals surface area contributed by atoms with E-state index in [0.717, 1.165) is 35.0 Å². The second-order valence-electron chi connectivity index (χ2n) is 5.76. The molecule has 3 rings (SSSR count). The molecule has 2 aliphatic rings. The average Bonchev–Trinajstić information content (AvgIpc) is 2.84. The van der Waals surface area contributed by atoms with Gasteiger partial charge in [-0.3, -0.25) is 9.59 Å². The van der Waals surface area contributed by atoms with E-state index in [9.17, 15) is 14.7 Å². The Morgan fingerprint density at radius 1 is 1.43 bits per heavy atom. The van der Waals surface area contributed by atoms with Crippen molar-refractivity contribution in [2.24, 2.45) is 0 Å². The first-order chi connectivity index (χ1) is 10.0. The summed E-state index contributed by atoms with van der Waals surface area (Å²) >= 11 is 1.56. The number of hydrogen-bond donors (Lipinski definition) is 2. The minimum Gasteiger partial charge on any atom is -0.481 e. The lowest BCUT2D eigenvalue weighted by atomic mass is 9.91. The number of thiazole rings is 1. The molecule has 2 heterocycles. The Balaban J connectivity index is 1.73. The van der Waals surface area contributed by atoms with Gasteiger partial charge in [0.15, 0.2) is 5.13 Å². The SMILES string of the molecule is CN1CC(Nc2nc3c(s2)CCCC3C(=O)O)CCC1=O. The van der Waals surface area contributed by atoms with E-state index in [-0.39, 0.29) is 11.9 Å². The van der Waals surface area contributed by atoms with Crippen LogP contribution in [0.25, 0.3) is 0 Å². The number of likely N-dealkylation sites (tertiary alicyclic amines) is 1. The molecule has 1 aliphatic carbocycles. The predicted octanol–water partition coefficient (Wildman–Crippen LogP) is 1.68. The maximum atomic E-state index is 11.5. The van der Waals surface area contributed by atoms with Crippen molar-refractivity contribution in [1.82, 2.24) is 9.88 Å². The molecule has 1 saturated heterocycles. The summed E-state index contributed by atoms with van der Waals surface area (Å²) in [5.41, 5.74) is 0.737. The second-order valence-corrected chi connectivity index (χ2v) is 6.85.